The Morgan fingerprint density at radius 1 is 1.00 bits per heavy atom. The molecule has 0 saturated heterocycles. The van der Waals surface area contributed by atoms with Gasteiger partial charge >= 0.3 is 5.69 Å². The number of imidazole rings is 1. The van der Waals surface area contributed by atoms with E-state index in [0.29, 0.717) is 11.4 Å². The van der Waals surface area contributed by atoms with Gasteiger partial charge in [0.1, 0.15) is 11.4 Å². The molecule has 156 valence electrons. The molecule has 0 saturated carbocycles. The van der Waals surface area contributed by atoms with Gasteiger partial charge < -0.3 is 4.74 Å². The predicted molar refractivity (Wildman–Crippen MR) is 118 cm³/mol. The van der Waals surface area contributed by atoms with Crippen molar-refractivity contribution in [2.45, 2.75) is 13.8 Å². The average molecular weight is 415 g/mol. The molecular weight excluding hydrogens is 394 g/mol. The van der Waals surface area contributed by atoms with E-state index in [4.69, 9.17) is 4.74 Å². The van der Waals surface area contributed by atoms with E-state index in [2.05, 4.69) is 20.2 Å². The fourth-order valence-corrected chi connectivity index (χ4v) is 4.12. The maximum atomic E-state index is 13.3. The van der Waals surface area contributed by atoms with Gasteiger partial charge in [0, 0.05) is 43.5 Å². The van der Waals surface area contributed by atoms with Gasteiger partial charge in [0.2, 0.25) is 0 Å². The molecular formula is C22H21N7O2. The number of benzene rings is 1. The Morgan fingerprint density at radius 2 is 1.74 bits per heavy atom. The fourth-order valence-electron chi connectivity index (χ4n) is 4.12. The van der Waals surface area contributed by atoms with E-state index in [1.165, 1.54) is 4.80 Å². The van der Waals surface area contributed by atoms with Crippen LogP contribution in [0.5, 0.6) is 5.75 Å². The van der Waals surface area contributed by atoms with Crippen LogP contribution in [0.25, 0.3) is 38.9 Å². The number of rotatable bonds is 3. The van der Waals surface area contributed by atoms with Crippen LogP contribution < -0.4 is 10.4 Å². The molecule has 4 aromatic heterocycles. The molecule has 9 nitrogen and oxygen atoms in total. The van der Waals surface area contributed by atoms with Crippen molar-refractivity contribution in [1.29, 1.82) is 0 Å². The summed E-state index contributed by atoms with van der Waals surface area (Å²) in [6.07, 6.45) is 6.95. The van der Waals surface area contributed by atoms with Crippen molar-refractivity contribution in [3.05, 3.63) is 58.5 Å². The standard InChI is InChI=1S/C22H21N7O2/c1-12-8-23-9-13(2)20(12)29-21-15-6-14(17-10-25-28(4)26-17)19(31-5)7-16(15)24-11-18(21)27(3)22(29)30/h6-11H,1-5H3. The van der Waals surface area contributed by atoms with E-state index >= 15 is 0 Å². The highest BCUT2D eigenvalue weighted by Gasteiger charge is 2.21. The third-order valence-electron chi connectivity index (χ3n) is 5.59. The minimum Gasteiger partial charge on any atom is -0.496 e. The molecule has 0 unspecified atom stereocenters. The zero-order valence-corrected chi connectivity index (χ0v) is 17.9. The molecule has 0 aliphatic rings. The molecule has 9 heteroatoms. The van der Waals surface area contributed by atoms with Crippen LogP contribution in [0.15, 0.2) is 41.7 Å². The summed E-state index contributed by atoms with van der Waals surface area (Å²) in [4.78, 5) is 23.7. The van der Waals surface area contributed by atoms with E-state index in [1.807, 2.05) is 26.0 Å². The first-order valence-corrected chi connectivity index (χ1v) is 9.77. The molecule has 0 fully saturated rings. The van der Waals surface area contributed by atoms with Crippen molar-refractivity contribution >= 4 is 21.9 Å². The molecule has 5 rings (SSSR count). The van der Waals surface area contributed by atoms with Gasteiger partial charge in [0.15, 0.2) is 0 Å². The van der Waals surface area contributed by atoms with Gasteiger partial charge in [-0.15, -0.1) is 0 Å². The van der Waals surface area contributed by atoms with Gasteiger partial charge in [-0.2, -0.15) is 15.0 Å². The first kappa shape index (κ1) is 19.0. The minimum atomic E-state index is -0.140. The number of hydrogen-bond acceptors (Lipinski definition) is 6. The zero-order valence-electron chi connectivity index (χ0n) is 17.9. The second-order valence-corrected chi connectivity index (χ2v) is 7.58. The van der Waals surface area contributed by atoms with Crippen molar-refractivity contribution in [3.63, 3.8) is 0 Å². The normalized spacial score (nSPS) is 11.5. The molecule has 0 bridgehead atoms. The molecule has 0 spiro atoms. The largest absolute Gasteiger partial charge is 0.496 e. The van der Waals surface area contributed by atoms with Gasteiger partial charge in [0.25, 0.3) is 0 Å². The Bertz CT molecular complexity index is 1520. The Balaban J connectivity index is 1.97. The van der Waals surface area contributed by atoms with Gasteiger partial charge in [-0.25, -0.2) is 4.79 Å². The van der Waals surface area contributed by atoms with Crippen LogP contribution in [0.1, 0.15) is 11.1 Å². The average Bonchev–Trinajstić information content (AvgIpc) is 3.29. The van der Waals surface area contributed by atoms with Crippen molar-refractivity contribution in [1.82, 2.24) is 34.1 Å². The van der Waals surface area contributed by atoms with Crippen molar-refractivity contribution in [2.24, 2.45) is 14.1 Å². The van der Waals surface area contributed by atoms with Gasteiger partial charge in [-0.1, -0.05) is 0 Å². The Kier molecular flexibility index (Phi) is 4.14. The molecule has 1 aromatic carbocycles. The summed E-state index contributed by atoms with van der Waals surface area (Å²) >= 11 is 0. The summed E-state index contributed by atoms with van der Waals surface area (Å²) in [5.74, 6) is 0.640. The molecule has 0 amide bonds. The number of methoxy groups -OCH3 is 1. The first-order valence-electron chi connectivity index (χ1n) is 9.77. The van der Waals surface area contributed by atoms with Crippen molar-refractivity contribution < 1.29 is 4.74 Å². The molecule has 0 aliphatic carbocycles. The number of aryl methyl sites for hydroxylation is 4. The van der Waals surface area contributed by atoms with Crippen LogP contribution in [-0.2, 0) is 14.1 Å². The summed E-state index contributed by atoms with van der Waals surface area (Å²) in [6.45, 7) is 3.91. The van der Waals surface area contributed by atoms with Gasteiger partial charge in [-0.3, -0.25) is 19.1 Å². The highest BCUT2D eigenvalue weighted by molar-refractivity contribution is 6.05. The van der Waals surface area contributed by atoms with Gasteiger partial charge in [0.05, 0.1) is 41.7 Å². The second kappa shape index (κ2) is 6.76. The summed E-state index contributed by atoms with van der Waals surface area (Å²) in [6, 6.07) is 3.84. The smallest absolute Gasteiger partial charge is 0.333 e. The fraction of sp³-hybridized carbons (Fsp3) is 0.227. The lowest BCUT2D eigenvalue weighted by molar-refractivity contribution is 0.417. The van der Waals surface area contributed by atoms with Crippen LogP contribution in [0, 0.1) is 13.8 Å². The number of aromatic nitrogens is 7. The Labute approximate surface area is 177 Å². The Morgan fingerprint density at radius 3 is 2.39 bits per heavy atom. The lowest BCUT2D eigenvalue weighted by atomic mass is 10.1. The van der Waals surface area contributed by atoms with Crippen LogP contribution in [-0.4, -0.2) is 41.2 Å². The monoisotopic (exact) mass is 415 g/mol. The molecule has 0 atom stereocenters. The lowest BCUT2D eigenvalue weighted by Gasteiger charge is -2.13. The maximum absolute atomic E-state index is 13.3. The number of ether oxygens (including phenoxy) is 1. The first-order chi connectivity index (χ1) is 14.9. The summed E-state index contributed by atoms with van der Waals surface area (Å²) in [7, 11) is 5.13. The van der Waals surface area contributed by atoms with Crippen molar-refractivity contribution in [2.75, 3.05) is 7.11 Å². The SMILES string of the molecule is COc1cc2ncc3c(c2cc1-c1cnn(C)n1)n(-c1c(C)cncc1C)c(=O)n3C. The van der Waals surface area contributed by atoms with E-state index in [-0.39, 0.29) is 5.69 Å². The number of hydrogen-bond donors (Lipinski definition) is 0. The van der Waals surface area contributed by atoms with E-state index in [0.717, 1.165) is 44.3 Å². The maximum Gasteiger partial charge on any atom is 0.333 e. The van der Waals surface area contributed by atoms with Crippen LogP contribution >= 0.6 is 0 Å². The van der Waals surface area contributed by atoms with Crippen molar-refractivity contribution in [3.8, 4) is 22.7 Å². The highest BCUT2D eigenvalue weighted by atomic mass is 16.5. The van der Waals surface area contributed by atoms with Crippen LogP contribution in [0.2, 0.25) is 0 Å². The second-order valence-electron chi connectivity index (χ2n) is 7.58. The van der Waals surface area contributed by atoms with E-state index in [9.17, 15) is 4.79 Å². The molecule has 0 aliphatic heterocycles. The topological polar surface area (TPSA) is 92.7 Å². The summed E-state index contributed by atoms with van der Waals surface area (Å²) in [5.41, 5.74) is 6.23. The minimum absolute atomic E-state index is 0.140. The van der Waals surface area contributed by atoms with E-state index in [1.54, 1.807) is 55.1 Å². The number of nitrogens with zero attached hydrogens (tertiary/aromatic N) is 7. The zero-order chi connectivity index (χ0) is 21.9. The quantitative estimate of drug-likeness (QED) is 0.450. The third-order valence-corrected chi connectivity index (χ3v) is 5.59. The van der Waals surface area contributed by atoms with Gasteiger partial charge in [-0.05, 0) is 31.0 Å². The summed E-state index contributed by atoms with van der Waals surface area (Å²) in [5, 5.41) is 9.44. The van der Waals surface area contributed by atoms with Crippen LogP contribution in [0.3, 0.4) is 0 Å². The number of fused-ring (bicyclic) bond motifs is 3. The Hall–Kier alpha value is -4.01. The van der Waals surface area contributed by atoms with E-state index < -0.39 is 0 Å². The molecule has 0 radical (unpaired) electrons. The molecule has 5 aromatic rings. The van der Waals surface area contributed by atoms with Crippen LogP contribution in [0.4, 0.5) is 0 Å². The summed E-state index contributed by atoms with van der Waals surface area (Å²) < 4.78 is 8.98. The third kappa shape index (κ3) is 2.73. The molecule has 0 N–H and O–H groups in total. The molecule has 31 heavy (non-hydrogen) atoms. The lowest BCUT2D eigenvalue weighted by Crippen LogP contribution is -2.22. The number of pyridine rings is 2. The predicted octanol–water partition coefficient (Wildman–Crippen LogP) is 2.69. The highest BCUT2D eigenvalue weighted by Crippen LogP contribution is 2.36. The molecule has 4 heterocycles.